The topological polar surface area (TPSA) is 129 Å². The molecule has 0 amide bonds. The quantitative estimate of drug-likeness (QED) is 0.243. The normalized spacial score (nSPS) is 11.6. The Balaban J connectivity index is 1.93. The van der Waals surface area contributed by atoms with Crippen LogP contribution < -0.4 is 4.72 Å². The summed E-state index contributed by atoms with van der Waals surface area (Å²) in [6, 6.07) is 11.5. The summed E-state index contributed by atoms with van der Waals surface area (Å²) in [6.45, 7) is 1.61. The molecule has 0 unspecified atom stereocenters. The molecule has 9 nitrogen and oxygen atoms in total. The summed E-state index contributed by atoms with van der Waals surface area (Å²) in [5, 5.41) is 12.4. The summed E-state index contributed by atoms with van der Waals surface area (Å²) >= 11 is 5.80. The van der Waals surface area contributed by atoms with E-state index in [0.29, 0.717) is 27.5 Å². The van der Waals surface area contributed by atoms with Gasteiger partial charge in [-0.05, 0) is 25.1 Å². The Bertz CT molecular complexity index is 1530. The van der Waals surface area contributed by atoms with Crippen LogP contribution in [0.2, 0.25) is 5.02 Å². The molecule has 4 aromatic rings. The standard InChI is InChI=1S/C21H15ClN2O7S/c1-11-19(21(25)30-2)15-10-17(13-5-3-4-6-14(13)20(15)31-11)23-32(28,29)12-7-8-16(22)18(9-12)24(26)27/h3-10,23H,1-2H3. The fourth-order valence-corrected chi connectivity index (χ4v) is 4.76. The molecule has 0 saturated carbocycles. The highest BCUT2D eigenvalue weighted by Crippen LogP contribution is 2.38. The first-order valence-electron chi connectivity index (χ1n) is 9.14. The number of ether oxygens (including phenoxy) is 1. The van der Waals surface area contributed by atoms with Gasteiger partial charge in [0.15, 0.2) is 0 Å². The number of hydrogen-bond donors (Lipinski definition) is 1. The number of furan rings is 1. The van der Waals surface area contributed by atoms with Crippen LogP contribution in [0.3, 0.4) is 0 Å². The van der Waals surface area contributed by atoms with Crippen molar-refractivity contribution in [1.82, 2.24) is 0 Å². The van der Waals surface area contributed by atoms with Crippen molar-refractivity contribution in [3.63, 3.8) is 0 Å². The summed E-state index contributed by atoms with van der Waals surface area (Å²) in [6.07, 6.45) is 0. The molecule has 164 valence electrons. The number of nitro groups is 1. The van der Waals surface area contributed by atoms with Crippen molar-refractivity contribution < 1.29 is 27.3 Å². The van der Waals surface area contributed by atoms with E-state index in [2.05, 4.69) is 4.72 Å². The van der Waals surface area contributed by atoms with Crippen LogP contribution in [0.1, 0.15) is 16.1 Å². The molecule has 0 bridgehead atoms. The average molecular weight is 475 g/mol. The van der Waals surface area contributed by atoms with Gasteiger partial charge in [-0.1, -0.05) is 35.9 Å². The number of nitro benzene ring substituents is 1. The SMILES string of the molecule is COC(=O)c1c(C)oc2c1cc(NS(=O)(=O)c1ccc(Cl)c([N+](=O)[O-])c1)c1ccccc12. The Kier molecular flexibility index (Phi) is 5.27. The van der Waals surface area contributed by atoms with Gasteiger partial charge in [-0.2, -0.15) is 0 Å². The van der Waals surface area contributed by atoms with Gasteiger partial charge in [0.1, 0.15) is 21.9 Å². The number of carbonyl (C=O) groups excluding carboxylic acids is 1. The van der Waals surface area contributed by atoms with E-state index in [4.69, 9.17) is 20.8 Å². The third kappa shape index (κ3) is 3.53. The predicted octanol–water partition coefficient (Wildman–Crippen LogP) is 5.04. The summed E-state index contributed by atoms with van der Waals surface area (Å²) in [5.41, 5.74) is 0.212. The van der Waals surface area contributed by atoms with Gasteiger partial charge in [0.2, 0.25) is 0 Å². The first kappa shape index (κ1) is 21.6. The Hall–Kier alpha value is -3.63. The molecule has 1 N–H and O–H groups in total. The van der Waals surface area contributed by atoms with Crippen LogP contribution in [0.4, 0.5) is 11.4 Å². The number of fused-ring (bicyclic) bond motifs is 3. The van der Waals surface area contributed by atoms with Crippen molar-refractivity contribution >= 4 is 60.7 Å². The zero-order valence-corrected chi connectivity index (χ0v) is 18.3. The van der Waals surface area contributed by atoms with Crippen LogP contribution in [-0.4, -0.2) is 26.4 Å². The summed E-state index contributed by atoms with van der Waals surface area (Å²) in [7, 11) is -3.00. The Morgan fingerprint density at radius 3 is 2.47 bits per heavy atom. The number of hydrogen-bond acceptors (Lipinski definition) is 7. The number of halogens is 1. The molecule has 1 heterocycles. The van der Waals surface area contributed by atoms with Crippen molar-refractivity contribution in [3.8, 4) is 0 Å². The van der Waals surface area contributed by atoms with Crippen molar-refractivity contribution in [1.29, 1.82) is 0 Å². The minimum Gasteiger partial charge on any atom is -0.465 e. The van der Waals surface area contributed by atoms with Gasteiger partial charge in [0.05, 0.1) is 22.6 Å². The van der Waals surface area contributed by atoms with E-state index in [1.54, 1.807) is 31.2 Å². The lowest BCUT2D eigenvalue weighted by atomic mass is 10.0. The number of anilines is 1. The number of nitrogens with zero attached hydrogens (tertiary/aromatic N) is 1. The van der Waals surface area contributed by atoms with Crippen molar-refractivity contribution in [3.05, 3.63) is 75.0 Å². The van der Waals surface area contributed by atoms with E-state index < -0.39 is 26.6 Å². The van der Waals surface area contributed by atoms with E-state index in [1.165, 1.54) is 19.2 Å². The highest BCUT2D eigenvalue weighted by Gasteiger charge is 2.25. The molecular formula is C21H15ClN2O7S. The molecule has 3 aromatic carbocycles. The maximum Gasteiger partial charge on any atom is 0.342 e. The van der Waals surface area contributed by atoms with Gasteiger partial charge in [0.25, 0.3) is 15.7 Å². The van der Waals surface area contributed by atoms with E-state index in [9.17, 15) is 23.3 Å². The minimum atomic E-state index is -4.24. The fraction of sp³-hybridized carbons (Fsp3) is 0.0952. The van der Waals surface area contributed by atoms with Gasteiger partial charge in [-0.15, -0.1) is 0 Å². The maximum absolute atomic E-state index is 13.1. The number of aryl methyl sites for hydroxylation is 1. The smallest absolute Gasteiger partial charge is 0.342 e. The number of benzene rings is 3. The van der Waals surface area contributed by atoms with Crippen LogP contribution in [0.25, 0.3) is 21.7 Å². The highest BCUT2D eigenvalue weighted by atomic mass is 35.5. The highest BCUT2D eigenvalue weighted by molar-refractivity contribution is 7.92. The first-order chi connectivity index (χ1) is 15.1. The van der Waals surface area contributed by atoms with E-state index in [1.807, 2.05) is 0 Å². The monoisotopic (exact) mass is 474 g/mol. The second kappa shape index (κ2) is 7.81. The first-order valence-corrected chi connectivity index (χ1v) is 11.0. The molecule has 0 aliphatic rings. The third-order valence-corrected chi connectivity index (χ3v) is 6.61. The van der Waals surface area contributed by atoms with Gasteiger partial charge in [0, 0.05) is 22.2 Å². The lowest BCUT2D eigenvalue weighted by Crippen LogP contribution is -2.13. The van der Waals surface area contributed by atoms with Gasteiger partial charge < -0.3 is 9.15 Å². The molecule has 0 atom stereocenters. The van der Waals surface area contributed by atoms with E-state index >= 15 is 0 Å². The molecular weight excluding hydrogens is 460 g/mol. The molecule has 0 spiro atoms. The van der Waals surface area contributed by atoms with Crippen LogP contribution >= 0.6 is 11.6 Å². The van der Waals surface area contributed by atoms with E-state index in [-0.39, 0.29) is 21.2 Å². The van der Waals surface area contributed by atoms with Gasteiger partial charge >= 0.3 is 5.97 Å². The number of carbonyl (C=O) groups is 1. The van der Waals surface area contributed by atoms with Gasteiger partial charge in [-0.3, -0.25) is 14.8 Å². The summed E-state index contributed by atoms with van der Waals surface area (Å²) < 4.78 is 39.2. The molecule has 11 heteroatoms. The lowest BCUT2D eigenvalue weighted by Gasteiger charge is -2.12. The number of esters is 1. The number of methoxy groups -OCH3 is 1. The molecule has 1 aromatic heterocycles. The Labute approximate surface area is 186 Å². The number of nitrogens with one attached hydrogen (secondary N) is 1. The molecule has 32 heavy (non-hydrogen) atoms. The maximum atomic E-state index is 13.1. The lowest BCUT2D eigenvalue weighted by molar-refractivity contribution is -0.384. The predicted molar refractivity (Wildman–Crippen MR) is 119 cm³/mol. The van der Waals surface area contributed by atoms with E-state index in [0.717, 1.165) is 12.1 Å². The Morgan fingerprint density at radius 1 is 1.12 bits per heavy atom. The molecule has 0 aliphatic heterocycles. The fourth-order valence-electron chi connectivity index (χ4n) is 3.48. The largest absolute Gasteiger partial charge is 0.465 e. The third-order valence-electron chi connectivity index (χ3n) is 4.93. The van der Waals surface area contributed by atoms with Gasteiger partial charge in [-0.25, -0.2) is 13.2 Å². The van der Waals surface area contributed by atoms with Crippen molar-refractivity contribution in [2.24, 2.45) is 0 Å². The molecule has 0 saturated heterocycles. The number of rotatable bonds is 5. The van der Waals surface area contributed by atoms with Crippen LogP contribution in [0.5, 0.6) is 0 Å². The average Bonchev–Trinajstić information content (AvgIpc) is 3.09. The van der Waals surface area contributed by atoms with Crippen LogP contribution in [0.15, 0.2) is 57.8 Å². The molecule has 0 radical (unpaired) electrons. The molecule has 4 rings (SSSR count). The zero-order valence-electron chi connectivity index (χ0n) is 16.7. The van der Waals surface area contributed by atoms with Crippen LogP contribution in [-0.2, 0) is 14.8 Å². The zero-order chi connectivity index (χ0) is 23.2. The van der Waals surface area contributed by atoms with Crippen LogP contribution in [0, 0.1) is 17.0 Å². The molecule has 0 fully saturated rings. The summed E-state index contributed by atoms with van der Waals surface area (Å²) in [4.78, 5) is 22.4. The second-order valence-corrected chi connectivity index (χ2v) is 8.94. The molecule has 0 aliphatic carbocycles. The Morgan fingerprint density at radius 2 is 1.81 bits per heavy atom. The minimum absolute atomic E-state index is 0.164. The summed E-state index contributed by atoms with van der Waals surface area (Å²) in [5.74, 6) is -0.302. The number of sulfonamides is 1. The van der Waals surface area contributed by atoms with Crippen molar-refractivity contribution in [2.45, 2.75) is 11.8 Å². The van der Waals surface area contributed by atoms with Crippen molar-refractivity contribution in [2.75, 3.05) is 11.8 Å². The second-order valence-electron chi connectivity index (χ2n) is 6.85.